The summed E-state index contributed by atoms with van der Waals surface area (Å²) in [4.78, 5) is 11.9. The van der Waals surface area contributed by atoms with Crippen molar-refractivity contribution in [1.82, 2.24) is 4.57 Å². The number of rotatable bonds is 4. The van der Waals surface area contributed by atoms with Crippen LogP contribution in [0, 0.1) is 0 Å². The summed E-state index contributed by atoms with van der Waals surface area (Å²) in [6.45, 7) is 3.37. The van der Waals surface area contributed by atoms with Gasteiger partial charge in [0.25, 0.3) is 0 Å². The first kappa shape index (κ1) is 14.0. The number of halogens is 1. The second kappa shape index (κ2) is 5.82. The molecule has 1 aliphatic heterocycles. The SMILES string of the molecule is CCOC(=O)c1cccn1Cc1cc(Cl)cc2c1OCC2. The van der Waals surface area contributed by atoms with Crippen LogP contribution in [0.4, 0.5) is 0 Å². The van der Waals surface area contributed by atoms with Crippen molar-refractivity contribution in [3.8, 4) is 5.75 Å². The van der Waals surface area contributed by atoms with Crippen LogP contribution in [0.3, 0.4) is 0 Å². The summed E-state index contributed by atoms with van der Waals surface area (Å²) in [6, 6.07) is 7.41. The minimum absolute atomic E-state index is 0.318. The molecule has 2 heterocycles. The molecule has 5 heteroatoms. The Kier molecular flexibility index (Phi) is 3.88. The van der Waals surface area contributed by atoms with Crippen LogP contribution in [0.15, 0.2) is 30.5 Å². The van der Waals surface area contributed by atoms with E-state index in [2.05, 4.69) is 0 Å². The van der Waals surface area contributed by atoms with Crippen LogP contribution in [0.5, 0.6) is 5.75 Å². The van der Waals surface area contributed by atoms with Gasteiger partial charge in [-0.05, 0) is 36.8 Å². The van der Waals surface area contributed by atoms with Gasteiger partial charge in [-0.1, -0.05) is 11.6 Å². The maximum Gasteiger partial charge on any atom is 0.354 e. The van der Waals surface area contributed by atoms with Gasteiger partial charge in [-0.15, -0.1) is 0 Å². The third-order valence-electron chi connectivity index (χ3n) is 3.48. The molecule has 1 aromatic heterocycles. The van der Waals surface area contributed by atoms with E-state index in [1.54, 1.807) is 13.0 Å². The monoisotopic (exact) mass is 305 g/mol. The number of benzene rings is 1. The van der Waals surface area contributed by atoms with Crippen molar-refractivity contribution in [2.45, 2.75) is 19.9 Å². The molecule has 0 atom stereocenters. The van der Waals surface area contributed by atoms with Gasteiger partial charge in [0, 0.05) is 23.2 Å². The molecule has 4 nitrogen and oxygen atoms in total. The summed E-state index contributed by atoms with van der Waals surface area (Å²) in [5.41, 5.74) is 2.64. The normalized spacial score (nSPS) is 12.9. The van der Waals surface area contributed by atoms with Crippen molar-refractivity contribution in [2.24, 2.45) is 0 Å². The molecule has 0 spiro atoms. The van der Waals surface area contributed by atoms with Crippen LogP contribution in [0.2, 0.25) is 5.02 Å². The van der Waals surface area contributed by atoms with E-state index in [0.717, 1.165) is 23.3 Å². The molecule has 3 rings (SSSR count). The Morgan fingerprint density at radius 2 is 2.33 bits per heavy atom. The van der Waals surface area contributed by atoms with Crippen molar-refractivity contribution in [2.75, 3.05) is 13.2 Å². The van der Waals surface area contributed by atoms with Crippen LogP contribution in [-0.2, 0) is 17.7 Å². The summed E-state index contributed by atoms with van der Waals surface area (Å²) < 4.78 is 12.6. The van der Waals surface area contributed by atoms with Crippen LogP contribution in [-0.4, -0.2) is 23.8 Å². The lowest BCUT2D eigenvalue weighted by Gasteiger charge is -2.12. The topological polar surface area (TPSA) is 40.5 Å². The highest BCUT2D eigenvalue weighted by Crippen LogP contribution is 2.33. The highest BCUT2D eigenvalue weighted by Gasteiger charge is 2.19. The molecule has 0 fully saturated rings. The highest BCUT2D eigenvalue weighted by atomic mass is 35.5. The van der Waals surface area contributed by atoms with Crippen LogP contribution >= 0.6 is 11.6 Å². The maximum absolute atomic E-state index is 11.9. The second-order valence-corrected chi connectivity index (χ2v) is 5.33. The molecule has 21 heavy (non-hydrogen) atoms. The second-order valence-electron chi connectivity index (χ2n) is 4.89. The Bertz CT molecular complexity index is 678. The van der Waals surface area contributed by atoms with Crippen molar-refractivity contribution in [3.05, 3.63) is 52.3 Å². The van der Waals surface area contributed by atoms with E-state index in [9.17, 15) is 4.79 Å². The standard InChI is InChI=1S/C16H16ClNO3/c1-2-20-16(19)14-4-3-6-18(14)10-12-9-13(17)8-11-5-7-21-15(11)12/h3-4,6,8-9H,2,5,7,10H2,1H3. The fourth-order valence-electron chi connectivity index (χ4n) is 2.59. The van der Waals surface area contributed by atoms with Gasteiger partial charge in [-0.3, -0.25) is 0 Å². The van der Waals surface area contributed by atoms with Crippen LogP contribution in [0.1, 0.15) is 28.5 Å². The Labute approximate surface area is 128 Å². The number of esters is 1. The number of aromatic nitrogens is 1. The highest BCUT2D eigenvalue weighted by molar-refractivity contribution is 6.30. The minimum Gasteiger partial charge on any atom is -0.493 e. The summed E-state index contributed by atoms with van der Waals surface area (Å²) >= 11 is 6.16. The third-order valence-corrected chi connectivity index (χ3v) is 3.70. The first-order valence-corrected chi connectivity index (χ1v) is 7.33. The van der Waals surface area contributed by atoms with E-state index < -0.39 is 0 Å². The van der Waals surface area contributed by atoms with Gasteiger partial charge in [-0.25, -0.2) is 4.79 Å². The van der Waals surface area contributed by atoms with E-state index in [0.29, 0.717) is 30.5 Å². The lowest BCUT2D eigenvalue weighted by Crippen LogP contribution is -2.12. The molecule has 0 saturated carbocycles. The van der Waals surface area contributed by atoms with Crippen molar-refractivity contribution in [3.63, 3.8) is 0 Å². The van der Waals surface area contributed by atoms with Crippen molar-refractivity contribution in [1.29, 1.82) is 0 Å². The number of carbonyl (C=O) groups excluding carboxylic acids is 1. The molecule has 0 N–H and O–H groups in total. The Morgan fingerprint density at radius 1 is 1.48 bits per heavy atom. The van der Waals surface area contributed by atoms with Gasteiger partial charge in [0.05, 0.1) is 19.8 Å². The number of hydrogen-bond donors (Lipinski definition) is 0. The Morgan fingerprint density at radius 3 is 3.14 bits per heavy atom. The predicted molar refractivity (Wildman–Crippen MR) is 80.1 cm³/mol. The van der Waals surface area contributed by atoms with Crippen molar-refractivity contribution >= 4 is 17.6 Å². The zero-order valence-electron chi connectivity index (χ0n) is 11.8. The van der Waals surface area contributed by atoms with Gasteiger partial charge in [0.1, 0.15) is 11.4 Å². The quantitative estimate of drug-likeness (QED) is 0.814. The largest absolute Gasteiger partial charge is 0.493 e. The van der Waals surface area contributed by atoms with Crippen LogP contribution in [0.25, 0.3) is 0 Å². The van der Waals surface area contributed by atoms with E-state index in [1.165, 1.54) is 0 Å². The van der Waals surface area contributed by atoms with Gasteiger partial charge >= 0.3 is 5.97 Å². The summed E-state index contributed by atoms with van der Waals surface area (Å²) in [5.74, 6) is 0.574. The molecule has 2 aromatic rings. The summed E-state index contributed by atoms with van der Waals surface area (Å²) in [6.07, 6.45) is 2.73. The first-order chi connectivity index (χ1) is 10.2. The zero-order chi connectivity index (χ0) is 14.8. The van der Waals surface area contributed by atoms with Crippen molar-refractivity contribution < 1.29 is 14.3 Å². The molecule has 110 valence electrons. The molecule has 0 amide bonds. The van der Waals surface area contributed by atoms with Gasteiger partial charge < -0.3 is 14.0 Å². The number of carbonyl (C=O) groups is 1. The Hall–Kier alpha value is -1.94. The molecule has 0 aliphatic carbocycles. The van der Waals surface area contributed by atoms with E-state index >= 15 is 0 Å². The fraction of sp³-hybridized carbons (Fsp3) is 0.312. The molecule has 0 saturated heterocycles. The summed E-state index contributed by atoms with van der Waals surface area (Å²) in [5, 5.41) is 0.694. The molecule has 1 aliphatic rings. The Balaban J connectivity index is 1.92. The van der Waals surface area contributed by atoms with Gasteiger partial charge in [0.15, 0.2) is 0 Å². The molecule has 0 unspecified atom stereocenters. The van der Waals surface area contributed by atoms with Crippen LogP contribution < -0.4 is 4.74 Å². The first-order valence-electron chi connectivity index (χ1n) is 6.95. The maximum atomic E-state index is 11.9. The number of hydrogen-bond acceptors (Lipinski definition) is 3. The average Bonchev–Trinajstić information content (AvgIpc) is 3.07. The zero-order valence-corrected chi connectivity index (χ0v) is 12.5. The fourth-order valence-corrected chi connectivity index (χ4v) is 2.85. The smallest absolute Gasteiger partial charge is 0.354 e. The van der Waals surface area contributed by atoms with E-state index in [1.807, 2.05) is 29.0 Å². The molecule has 0 bridgehead atoms. The number of ether oxygens (including phenoxy) is 2. The number of nitrogens with zero attached hydrogens (tertiary/aromatic N) is 1. The third kappa shape index (κ3) is 2.76. The minimum atomic E-state index is -0.318. The van der Waals surface area contributed by atoms with E-state index in [-0.39, 0.29) is 5.97 Å². The van der Waals surface area contributed by atoms with E-state index in [4.69, 9.17) is 21.1 Å². The number of fused-ring (bicyclic) bond motifs is 1. The molecular formula is C16H16ClNO3. The van der Waals surface area contributed by atoms with Gasteiger partial charge in [-0.2, -0.15) is 0 Å². The summed E-state index contributed by atoms with van der Waals surface area (Å²) in [7, 11) is 0. The average molecular weight is 306 g/mol. The molecule has 0 radical (unpaired) electrons. The predicted octanol–water partition coefficient (Wildman–Crippen LogP) is 3.30. The molecule has 1 aromatic carbocycles. The molecular weight excluding hydrogens is 290 g/mol. The lowest BCUT2D eigenvalue weighted by atomic mass is 10.1. The lowest BCUT2D eigenvalue weighted by molar-refractivity contribution is 0.0514. The van der Waals surface area contributed by atoms with Gasteiger partial charge in [0.2, 0.25) is 0 Å².